The minimum Gasteiger partial charge on any atom is -0.450 e. The van der Waals surface area contributed by atoms with Gasteiger partial charge in [-0.1, -0.05) is 52.8 Å². The number of amides is 1. The van der Waals surface area contributed by atoms with Crippen LogP contribution in [0, 0.1) is 5.92 Å². The molecule has 2 aliphatic heterocycles. The van der Waals surface area contributed by atoms with Crippen molar-refractivity contribution in [3.05, 3.63) is 51.5 Å². The molecular weight excluding hydrogens is 476 g/mol. The highest BCUT2D eigenvalue weighted by Gasteiger charge is 2.19. The van der Waals surface area contributed by atoms with Gasteiger partial charge in [0.25, 0.3) is 5.91 Å². The first-order valence-corrected chi connectivity index (χ1v) is 13.7. The van der Waals surface area contributed by atoms with Crippen LogP contribution in [0.5, 0.6) is 5.75 Å². The average molecular weight is 525 g/mol. The van der Waals surface area contributed by atoms with E-state index in [1.165, 1.54) is 42.2 Å². The molecule has 0 saturated carbocycles. The second-order valence-electron chi connectivity index (χ2n) is 7.25. The van der Waals surface area contributed by atoms with E-state index >= 15 is 0 Å². The maximum atomic E-state index is 11.5. The smallest absolute Gasteiger partial charge is 0.255 e. The lowest BCUT2D eigenvalue weighted by Gasteiger charge is -2.22. The zero-order valence-electron chi connectivity index (χ0n) is 23.1. The van der Waals surface area contributed by atoms with E-state index in [0.717, 1.165) is 56.6 Å². The van der Waals surface area contributed by atoms with Crippen molar-refractivity contribution in [2.75, 3.05) is 26.9 Å². The Balaban J connectivity index is 0. The van der Waals surface area contributed by atoms with Gasteiger partial charge >= 0.3 is 0 Å². The third-order valence-corrected chi connectivity index (χ3v) is 6.37. The zero-order valence-corrected chi connectivity index (χ0v) is 23.9. The van der Waals surface area contributed by atoms with Crippen molar-refractivity contribution in [3.63, 3.8) is 0 Å². The van der Waals surface area contributed by atoms with Crippen LogP contribution in [-0.2, 0) is 20.9 Å². The topological polar surface area (TPSA) is 111 Å². The molecule has 2 heterocycles. The van der Waals surface area contributed by atoms with Crippen LogP contribution in [0.1, 0.15) is 72.3 Å². The summed E-state index contributed by atoms with van der Waals surface area (Å²) in [5.41, 5.74) is 7.84. The number of nitrogens with two attached hydrogens (primary N) is 1. The fourth-order valence-electron chi connectivity index (χ4n) is 3.40. The molecule has 1 amide bonds. The molecule has 36 heavy (non-hydrogen) atoms. The van der Waals surface area contributed by atoms with E-state index in [-0.39, 0.29) is 0 Å². The molecule has 206 valence electrons. The van der Waals surface area contributed by atoms with Crippen LogP contribution < -0.4 is 15.8 Å². The van der Waals surface area contributed by atoms with E-state index in [9.17, 15) is 4.79 Å². The Hall–Kier alpha value is -2.13. The third-order valence-electron chi connectivity index (χ3n) is 5.23. The first-order valence-electron chi connectivity index (χ1n) is 12.8. The molecular formula is C28H48N2O5S. The number of rotatable bonds is 9. The Kier molecular flexibility index (Phi) is 24.6. The van der Waals surface area contributed by atoms with Gasteiger partial charge in [0.05, 0.1) is 4.91 Å². The number of benzene rings is 1. The Morgan fingerprint density at radius 2 is 1.72 bits per heavy atom. The maximum absolute atomic E-state index is 11.5. The van der Waals surface area contributed by atoms with E-state index in [2.05, 4.69) is 24.4 Å². The fourth-order valence-corrected chi connectivity index (χ4v) is 4.38. The predicted octanol–water partition coefficient (Wildman–Crippen LogP) is 5.58. The summed E-state index contributed by atoms with van der Waals surface area (Å²) < 4.78 is 11.5. The number of thioether (sulfide) groups is 1. The van der Waals surface area contributed by atoms with Gasteiger partial charge < -0.3 is 30.4 Å². The van der Waals surface area contributed by atoms with Gasteiger partial charge in [0.1, 0.15) is 12.5 Å². The molecule has 0 spiro atoms. The Morgan fingerprint density at radius 1 is 1.14 bits per heavy atom. The van der Waals surface area contributed by atoms with Crippen LogP contribution in [0.25, 0.3) is 0 Å². The Labute approximate surface area is 222 Å². The van der Waals surface area contributed by atoms with Crippen molar-refractivity contribution in [2.45, 2.75) is 73.3 Å². The summed E-state index contributed by atoms with van der Waals surface area (Å²) in [6.45, 7) is 15.8. The number of carbonyl (C=O) groups is 2. The van der Waals surface area contributed by atoms with Gasteiger partial charge in [-0.2, -0.15) is 0 Å². The lowest BCUT2D eigenvalue weighted by Crippen LogP contribution is -2.22. The van der Waals surface area contributed by atoms with Gasteiger partial charge in [-0.15, -0.1) is 0 Å². The molecule has 0 atom stereocenters. The molecule has 1 aromatic carbocycles. The van der Waals surface area contributed by atoms with Gasteiger partial charge in [0, 0.05) is 26.9 Å². The highest BCUT2D eigenvalue weighted by molar-refractivity contribution is 8.07. The Morgan fingerprint density at radius 3 is 2.25 bits per heavy atom. The van der Waals surface area contributed by atoms with Crippen molar-refractivity contribution in [1.29, 1.82) is 0 Å². The van der Waals surface area contributed by atoms with E-state index in [1.807, 2.05) is 52.7 Å². The fraction of sp³-hybridized carbons (Fsp3) is 0.571. The van der Waals surface area contributed by atoms with Crippen LogP contribution in [0.3, 0.4) is 0 Å². The largest absolute Gasteiger partial charge is 0.450 e. The van der Waals surface area contributed by atoms with Crippen molar-refractivity contribution in [3.8, 4) is 5.75 Å². The van der Waals surface area contributed by atoms with Gasteiger partial charge in [-0.3, -0.25) is 4.79 Å². The highest BCUT2D eigenvalue weighted by Crippen LogP contribution is 2.37. The number of nitrogens with one attached hydrogen (secondary N) is 1. The van der Waals surface area contributed by atoms with Gasteiger partial charge in [-0.05, 0) is 79.6 Å². The summed E-state index contributed by atoms with van der Waals surface area (Å²) in [7, 11) is 1.00. The van der Waals surface area contributed by atoms with Crippen LogP contribution in [0.15, 0.2) is 45.9 Å². The van der Waals surface area contributed by atoms with Crippen LogP contribution in [0.2, 0.25) is 0 Å². The standard InChI is InChI=1S/C22H30N2O3S.2C2H6.CH4O.CH2O/c1-2-18-5-8-20(21(23)25)28-22(18)27-19-6-3-17(4-7-19)15-24-12-9-16-10-13-26-14-11-16;4*1-2/h3-4,6-8,16,24H,2,5,9-15H2,1H3,(H2,23,25);2*1-2H3;2H,1H3;1H2. The number of primary amides is 1. The van der Waals surface area contributed by atoms with Crippen LogP contribution >= 0.6 is 11.8 Å². The van der Waals surface area contributed by atoms with Crippen molar-refractivity contribution < 1.29 is 24.2 Å². The number of hydrogen-bond donors (Lipinski definition) is 3. The highest BCUT2D eigenvalue weighted by atomic mass is 32.2. The number of carbonyl (C=O) groups excluding carboxylic acids is 2. The molecule has 2 aliphatic rings. The minimum atomic E-state index is -0.400. The van der Waals surface area contributed by atoms with E-state index in [0.29, 0.717) is 11.3 Å². The molecule has 7 nitrogen and oxygen atoms in total. The summed E-state index contributed by atoms with van der Waals surface area (Å²) in [6, 6.07) is 8.14. The lowest BCUT2D eigenvalue weighted by atomic mass is 9.97. The SMILES string of the molecule is C=O.CC.CC.CCC1=C(Oc2ccc(CNCCC3CCOCC3)cc2)SC(C(N)=O)=CC1.CO. The summed E-state index contributed by atoms with van der Waals surface area (Å²) in [4.78, 5) is 20.0. The summed E-state index contributed by atoms with van der Waals surface area (Å²) >= 11 is 1.32. The normalized spacial score (nSPS) is 14.7. The molecule has 3 rings (SSSR count). The molecule has 4 N–H and O–H groups in total. The van der Waals surface area contributed by atoms with Crippen LogP contribution in [0.4, 0.5) is 0 Å². The van der Waals surface area contributed by atoms with E-state index in [1.54, 1.807) is 0 Å². The summed E-state index contributed by atoms with van der Waals surface area (Å²) in [5.74, 6) is 1.18. The van der Waals surface area contributed by atoms with Crippen molar-refractivity contribution in [1.82, 2.24) is 5.32 Å². The minimum absolute atomic E-state index is 0.400. The second kappa shape index (κ2) is 24.6. The molecule has 0 radical (unpaired) electrons. The van der Waals surface area contributed by atoms with E-state index in [4.69, 9.17) is 25.1 Å². The van der Waals surface area contributed by atoms with Crippen molar-refractivity contribution >= 4 is 24.5 Å². The van der Waals surface area contributed by atoms with Crippen molar-refractivity contribution in [2.24, 2.45) is 11.7 Å². The first kappa shape index (κ1) is 36.0. The average Bonchev–Trinajstić information content (AvgIpc) is 2.97. The number of allylic oxidation sites excluding steroid dienone is 2. The molecule has 0 unspecified atom stereocenters. The van der Waals surface area contributed by atoms with Gasteiger partial charge in [0.15, 0.2) is 5.09 Å². The number of aliphatic hydroxyl groups excluding tert-OH is 1. The lowest BCUT2D eigenvalue weighted by molar-refractivity contribution is -0.113. The second-order valence-corrected chi connectivity index (χ2v) is 8.27. The number of ether oxygens (including phenoxy) is 2. The van der Waals surface area contributed by atoms with Crippen LogP contribution in [-0.4, -0.2) is 44.7 Å². The maximum Gasteiger partial charge on any atom is 0.255 e. The molecule has 0 bridgehead atoms. The Bertz CT molecular complexity index is 745. The third kappa shape index (κ3) is 14.4. The molecule has 0 aliphatic carbocycles. The van der Waals surface area contributed by atoms with Gasteiger partial charge in [-0.25, -0.2) is 0 Å². The molecule has 8 heteroatoms. The number of hydrogen-bond acceptors (Lipinski definition) is 7. The molecule has 0 aromatic heterocycles. The summed E-state index contributed by atoms with van der Waals surface area (Å²) in [5, 5.41) is 11.3. The monoisotopic (exact) mass is 524 g/mol. The summed E-state index contributed by atoms with van der Waals surface area (Å²) in [6.07, 6.45) is 7.08. The van der Waals surface area contributed by atoms with E-state index < -0.39 is 5.91 Å². The zero-order chi connectivity index (χ0) is 27.8. The molecule has 1 aromatic rings. The van der Waals surface area contributed by atoms with Gasteiger partial charge in [0.2, 0.25) is 0 Å². The predicted molar refractivity (Wildman–Crippen MR) is 152 cm³/mol. The molecule has 1 fully saturated rings. The number of aliphatic hydroxyl groups is 1. The quantitative estimate of drug-likeness (QED) is 0.362. The molecule has 1 saturated heterocycles. The first-order chi connectivity index (χ1) is 17.7.